The fourth-order valence-electron chi connectivity index (χ4n) is 1.34. The van der Waals surface area contributed by atoms with Gasteiger partial charge in [-0.2, -0.15) is 0 Å². The van der Waals surface area contributed by atoms with Crippen LogP contribution in [0.2, 0.25) is 0 Å². The third-order valence-electron chi connectivity index (χ3n) is 1.99. The topological polar surface area (TPSA) is 71.7 Å². The Morgan fingerprint density at radius 2 is 2.13 bits per heavy atom. The number of ether oxygens (including phenoxy) is 1. The molecular weight excluding hydrogens is 192 g/mol. The van der Waals surface area contributed by atoms with Gasteiger partial charge in [-0.1, -0.05) is 13.3 Å². The first-order valence-corrected chi connectivity index (χ1v) is 5.43. The number of hydrogen-bond donors (Lipinski definition) is 3. The lowest BCUT2D eigenvalue weighted by atomic mass is 10.2. The van der Waals surface area contributed by atoms with Crippen LogP contribution in [0.15, 0.2) is 4.99 Å². The summed E-state index contributed by atoms with van der Waals surface area (Å²) < 4.78 is 5.02. The van der Waals surface area contributed by atoms with Crippen LogP contribution in [0, 0.1) is 0 Å². The summed E-state index contributed by atoms with van der Waals surface area (Å²) in [6.45, 7) is 6.86. The lowest BCUT2D eigenvalue weighted by Gasteiger charge is -2.17. The number of nitrogens with one attached hydrogen (secondary N) is 2. The molecule has 0 heterocycles. The van der Waals surface area contributed by atoms with E-state index in [9.17, 15) is 0 Å². The normalized spacial score (nSPS) is 15.9. The van der Waals surface area contributed by atoms with Crippen LogP contribution < -0.4 is 16.6 Å². The first-order valence-electron chi connectivity index (χ1n) is 5.43. The Balaban J connectivity index is 4.09. The maximum atomic E-state index is 5.38. The van der Waals surface area contributed by atoms with Gasteiger partial charge in [-0.05, 0) is 20.3 Å². The minimum Gasteiger partial charge on any atom is -0.383 e. The molecule has 0 aromatic rings. The van der Waals surface area contributed by atoms with Gasteiger partial charge < -0.3 is 10.1 Å². The Labute approximate surface area is 92.4 Å². The van der Waals surface area contributed by atoms with Gasteiger partial charge in [0.1, 0.15) is 0 Å². The zero-order chi connectivity index (χ0) is 11.7. The first kappa shape index (κ1) is 14.2. The number of methoxy groups -OCH3 is 1. The lowest BCUT2D eigenvalue weighted by Crippen LogP contribution is -2.47. The summed E-state index contributed by atoms with van der Waals surface area (Å²) in [5, 5.41) is 3.15. The summed E-state index contributed by atoms with van der Waals surface area (Å²) in [5.74, 6) is 6.00. The van der Waals surface area contributed by atoms with E-state index in [1.165, 1.54) is 0 Å². The maximum Gasteiger partial charge on any atom is 0.206 e. The molecule has 0 bridgehead atoms. The standard InChI is InChI=1S/C10H24N4O/c1-5-6-8(2)12-10(14-11)13-9(3)7-15-4/h8-9H,5-7,11H2,1-4H3,(H2,12,13,14). The Bertz CT molecular complexity index is 184. The number of nitrogens with zero attached hydrogens (tertiary/aromatic N) is 1. The summed E-state index contributed by atoms with van der Waals surface area (Å²) in [6, 6.07) is 0.474. The van der Waals surface area contributed by atoms with Crippen LogP contribution in [-0.4, -0.2) is 31.8 Å². The van der Waals surface area contributed by atoms with Crippen molar-refractivity contribution in [1.82, 2.24) is 10.7 Å². The van der Waals surface area contributed by atoms with Gasteiger partial charge in [0.15, 0.2) is 0 Å². The van der Waals surface area contributed by atoms with Crippen LogP contribution in [0.1, 0.15) is 33.6 Å². The van der Waals surface area contributed by atoms with Gasteiger partial charge >= 0.3 is 0 Å². The van der Waals surface area contributed by atoms with Crippen LogP contribution >= 0.6 is 0 Å². The second kappa shape index (κ2) is 8.49. The van der Waals surface area contributed by atoms with E-state index in [-0.39, 0.29) is 12.1 Å². The van der Waals surface area contributed by atoms with Crippen LogP contribution in [0.4, 0.5) is 0 Å². The molecule has 0 aromatic carbocycles. The average Bonchev–Trinajstić information content (AvgIpc) is 2.17. The minimum atomic E-state index is 0.193. The number of guanidine groups is 1. The van der Waals surface area contributed by atoms with E-state index in [0.29, 0.717) is 12.6 Å². The summed E-state index contributed by atoms with van der Waals surface area (Å²) >= 11 is 0. The molecular formula is C10H24N4O. The van der Waals surface area contributed by atoms with E-state index < -0.39 is 0 Å². The molecule has 0 amide bonds. The molecule has 0 spiro atoms. The van der Waals surface area contributed by atoms with Crippen molar-refractivity contribution in [2.75, 3.05) is 13.7 Å². The SMILES string of the molecule is CCCC(C)N=C(NN)NC(C)COC. The molecule has 0 saturated heterocycles. The van der Waals surface area contributed by atoms with Crippen molar-refractivity contribution in [2.45, 2.75) is 45.7 Å². The Morgan fingerprint density at radius 1 is 1.47 bits per heavy atom. The molecule has 0 aromatic heterocycles. The number of nitrogens with two attached hydrogens (primary N) is 1. The van der Waals surface area contributed by atoms with E-state index in [0.717, 1.165) is 12.8 Å². The van der Waals surface area contributed by atoms with E-state index in [1.807, 2.05) is 6.92 Å². The number of rotatable bonds is 6. The van der Waals surface area contributed by atoms with E-state index in [2.05, 4.69) is 29.6 Å². The van der Waals surface area contributed by atoms with Crippen LogP contribution in [-0.2, 0) is 4.74 Å². The van der Waals surface area contributed by atoms with Crippen molar-refractivity contribution < 1.29 is 4.74 Å². The highest BCUT2D eigenvalue weighted by Crippen LogP contribution is 1.99. The van der Waals surface area contributed by atoms with E-state index in [4.69, 9.17) is 10.6 Å². The molecule has 0 rings (SSSR count). The van der Waals surface area contributed by atoms with Crippen LogP contribution in [0.25, 0.3) is 0 Å². The van der Waals surface area contributed by atoms with Gasteiger partial charge in [0.2, 0.25) is 5.96 Å². The molecule has 0 aliphatic rings. The summed E-state index contributed by atoms with van der Waals surface area (Å²) in [7, 11) is 1.67. The average molecular weight is 216 g/mol. The van der Waals surface area contributed by atoms with Crippen molar-refractivity contribution >= 4 is 5.96 Å². The van der Waals surface area contributed by atoms with Crippen molar-refractivity contribution in [3.05, 3.63) is 0 Å². The molecule has 2 unspecified atom stereocenters. The second-order valence-electron chi connectivity index (χ2n) is 3.76. The smallest absolute Gasteiger partial charge is 0.206 e. The van der Waals surface area contributed by atoms with Gasteiger partial charge in [0.05, 0.1) is 12.6 Å². The minimum absolute atomic E-state index is 0.193. The molecule has 2 atom stereocenters. The number of aliphatic imine (C=N–C) groups is 1. The summed E-state index contributed by atoms with van der Waals surface area (Å²) in [5.41, 5.74) is 2.56. The quantitative estimate of drug-likeness (QED) is 0.263. The fraction of sp³-hybridized carbons (Fsp3) is 0.900. The van der Waals surface area contributed by atoms with Crippen LogP contribution in [0.3, 0.4) is 0 Å². The summed E-state index contributed by atoms with van der Waals surface area (Å²) in [4.78, 5) is 4.42. The highest BCUT2D eigenvalue weighted by Gasteiger charge is 2.05. The fourth-order valence-corrected chi connectivity index (χ4v) is 1.34. The predicted molar refractivity (Wildman–Crippen MR) is 63.6 cm³/mol. The monoisotopic (exact) mass is 216 g/mol. The highest BCUT2D eigenvalue weighted by atomic mass is 16.5. The van der Waals surface area contributed by atoms with E-state index in [1.54, 1.807) is 7.11 Å². The molecule has 0 fully saturated rings. The Kier molecular flexibility index (Phi) is 8.04. The van der Waals surface area contributed by atoms with Gasteiger partial charge in [-0.25, -0.2) is 10.8 Å². The lowest BCUT2D eigenvalue weighted by molar-refractivity contribution is 0.179. The zero-order valence-corrected chi connectivity index (χ0v) is 10.2. The Morgan fingerprint density at radius 3 is 2.60 bits per heavy atom. The molecule has 5 nitrogen and oxygen atoms in total. The van der Waals surface area contributed by atoms with Crippen LogP contribution in [0.5, 0.6) is 0 Å². The molecule has 90 valence electrons. The molecule has 0 saturated carbocycles. The molecule has 0 aliphatic carbocycles. The highest BCUT2D eigenvalue weighted by molar-refractivity contribution is 5.79. The number of hydrazine groups is 1. The van der Waals surface area contributed by atoms with Crippen molar-refractivity contribution in [3.63, 3.8) is 0 Å². The molecule has 4 N–H and O–H groups in total. The number of hydrogen-bond acceptors (Lipinski definition) is 3. The van der Waals surface area contributed by atoms with Crippen molar-refractivity contribution in [2.24, 2.45) is 10.8 Å². The van der Waals surface area contributed by atoms with Crippen molar-refractivity contribution in [3.8, 4) is 0 Å². The Hall–Kier alpha value is -0.810. The maximum absolute atomic E-state index is 5.38. The second-order valence-corrected chi connectivity index (χ2v) is 3.76. The molecule has 15 heavy (non-hydrogen) atoms. The zero-order valence-electron chi connectivity index (χ0n) is 10.2. The largest absolute Gasteiger partial charge is 0.383 e. The predicted octanol–water partition coefficient (Wildman–Crippen LogP) is 0.619. The third kappa shape index (κ3) is 7.16. The van der Waals surface area contributed by atoms with Crippen molar-refractivity contribution in [1.29, 1.82) is 0 Å². The molecule has 5 heteroatoms. The first-order chi connectivity index (χ1) is 7.13. The van der Waals surface area contributed by atoms with Gasteiger partial charge in [0, 0.05) is 13.2 Å². The summed E-state index contributed by atoms with van der Waals surface area (Å²) in [6.07, 6.45) is 2.18. The van der Waals surface area contributed by atoms with Gasteiger partial charge in [0.25, 0.3) is 0 Å². The van der Waals surface area contributed by atoms with Gasteiger partial charge in [-0.3, -0.25) is 5.43 Å². The molecule has 0 radical (unpaired) electrons. The third-order valence-corrected chi connectivity index (χ3v) is 1.99. The molecule has 0 aliphatic heterocycles. The van der Waals surface area contributed by atoms with E-state index >= 15 is 0 Å². The van der Waals surface area contributed by atoms with Gasteiger partial charge in [-0.15, -0.1) is 0 Å².